The molecule has 1 aromatic carbocycles. The van der Waals surface area contributed by atoms with Crippen LogP contribution < -0.4 is 0 Å². The number of carbonyl (C=O) groups is 1. The molecule has 1 aliphatic carbocycles. The van der Waals surface area contributed by atoms with Crippen molar-refractivity contribution in [3.05, 3.63) is 41.0 Å². The van der Waals surface area contributed by atoms with Gasteiger partial charge in [0, 0.05) is 5.57 Å². The Morgan fingerprint density at radius 1 is 1.47 bits per heavy atom. The second kappa shape index (κ2) is 3.50. The molecular formula is C12H11FO2. The molecule has 78 valence electrons. The summed E-state index contributed by atoms with van der Waals surface area (Å²) in [6.07, 6.45) is -1.26. The highest BCUT2D eigenvalue weighted by Gasteiger charge is 2.29. The highest BCUT2D eigenvalue weighted by Crippen LogP contribution is 2.35. The van der Waals surface area contributed by atoms with Crippen molar-refractivity contribution in [2.75, 3.05) is 0 Å². The number of carboxylic acids is 1. The fourth-order valence-electron chi connectivity index (χ4n) is 2.02. The van der Waals surface area contributed by atoms with Crippen molar-refractivity contribution < 1.29 is 14.3 Å². The van der Waals surface area contributed by atoms with E-state index in [1.807, 2.05) is 12.1 Å². The van der Waals surface area contributed by atoms with Gasteiger partial charge in [-0.3, -0.25) is 0 Å². The van der Waals surface area contributed by atoms with Crippen molar-refractivity contribution in [1.29, 1.82) is 0 Å². The lowest BCUT2D eigenvalue weighted by atomic mass is 10.0. The predicted molar refractivity (Wildman–Crippen MR) is 55.3 cm³/mol. The SMILES string of the molecule is CC1=C(C(F)C(=O)O)c2ccccc2C1. The zero-order valence-corrected chi connectivity index (χ0v) is 8.33. The Morgan fingerprint density at radius 2 is 2.13 bits per heavy atom. The van der Waals surface area contributed by atoms with E-state index in [2.05, 4.69) is 0 Å². The summed E-state index contributed by atoms with van der Waals surface area (Å²) >= 11 is 0. The molecule has 0 aliphatic heterocycles. The number of hydrogen-bond acceptors (Lipinski definition) is 1. The summed E-state index contributed by atoms with van der Waals surface area (Å²) in [7, 11) is 0. The zero-order valence-electron chi connectivity index (χ0n) is 8.33. The summed E-state index contributed by atoms with van der Waals surface area (Å²) < 4.78 is 13.5. The van der Waals surface area contributed by atoms with Gasteiger partial charge in [-0.1, -0.05) is 29.8 Å². The number of benzene rings is 1. The number of halogens is 1. The third-order valence-corrected chi connectivity index (χ3v) is 2.69. The smallest absolute Gasteiger partial charge is 0.343 e. The molecule has 0 fully saturated rings. The average molecular weight is 206 g/mol. The van der Waals surface area contributed by atoms with Crippen molar-refractivity contribution in [3.63, 3.8) is 0 Å². The monoisotopic (exact) mass is 206 g/mol. The Bertz CT molecular complexity index is 449. The van der Waals surface area contributed by atoms with E-state index < -0.39 is 12.1 Å². The average Bonchev–Trinajstić information content (AvgIpc) is 2.52. The molecule has 1 aromatic rings. The lowest BCUT2D eigenvalue weighted by Crippen LogP contribution is -2.16. The van der Waals surface area contributed by atoms with Crippen molar-refractivity contribution in [1.82, 2.24) is 0 Å². The lowest BCUT2D eigenvalue weighted by Gasteiger charge is -2.07. The molecule has 0 aromatic heterocycles. The molecule has 1 unspecified atom stereocenters. The van der Waals surface area contributed by atoms with Crippen LogP contribution in [0.5, 0.6) is 0 Å². The molecule has 15 heavy (non-hydrogen) atoms. The Labute approximate surface area is 87.0 Å². The van der Waals surface area contributed by atoms with Crippen LogP contribution in [-0.2, 0) is 11.2 Å². The minimum absolute atomic E-state index is 0.332. The van der Waals surface area contributed by atoms with E-state index >= 15 is 0 Å². The van der Waals surface area contributed by atoms with Crippen molar-refractivity contribution in [2.24, 2.45) is 0 Å². The van der Waals surface area contributed by atoms with Crippen molar-refractivity contribution in [3.8, 4) is 0 Å². The van der Waals surface area contributed by atoms with Crippen LogP contribution in [0.3, 0.4) is 0 Å². The molecular weight excluding hydrogens is 195 g/mol. The van der Waals surface area contributed by atoms with E-state index in [-0.39, 0.29) is 0 Å². The summed E-state index contributed by atoms with van der Waals surface area (Å²) in [5.41, 5.74) is 2.89. The van der Waals surface area contributed by atoms with Gasteiger partial charge >= 0.3 is 5.97 Å². The summed E-state index contributed by atoms with van der Waals surface area (Å²) in [6.45, 7) is 1.78. The van der Waals surface area contributed by atoms with E-state index in [1.165, 1.54) is 0 Å². The lowest BCUT2D eigenvalue weighted by molar-refractivity contribution is -0.140. The largest absolute Gasteiger partial charge is 0.479 e. The van der Waals surface area contributed by atoms with Gasteiger partial charge in [-0.05, 0) is 24.5 Å². The van der Waals surface area contributed by atoms with E-state index in [4.69, 9.17) is 5.11 Å². The topological polar surface area (TPSA) is 37.3 Å². The third kappa shape index (κ3) is 1.54. The third-order valence-electron chi connectivity index (χ3n) is 2.69. The van der Waals surface area contributed by atoms with Crippen LogP contribution in [0.25, 0.3) is 5.57 Å². The molecule has 0 amide bonds. The molecule has 2 rings (SSSR count). The molecule has 0 saturated carbocycles. The molecule has 1 aliphatic rings. The van der Waals surface area contributed by atoms with Crippen LogP contribution in [0.1, 0.15) is 18.1 Å². The van der Waals surface area contributed by atoms with Crippen LogP contribution in [0, 0.1) is 0 Å². The highest BCUT2D eigenvalue weighted by atomic mass is 19.1. The number of carboxylic acid groups (broad SMARTS) is 1. The Morgan fingerprint density at radius 3 is 2.80 bits per heavy atom. The summed E-state index contributed by atoms with van der Waals surface area (Å²) in [4.78, 5) is 10.6. The first kappa shape index (κ1) is 9.90. The maximum Gasteiger partial charge on any atom is 0.343 e. The summed E-state index contributed by atoms with van der Waals surface area (Å²) in [5, 5.41) is 8.68. The first-order valence-electron chi connectivity index (χ1n) is 4.76. The molecule has 2 nitrogen and oxygen atoms in total. The van der Waals surface area contributed by atoms with Gasteiger partial charge in [0.1, 0.15) is 0 Å². The summed E-state index contributed by atoms with van der Waals surface area (Å²) in [6, 6.07) is 7.35. The van der Waals surface area contributed by atoms with Crippen molar-refractivity contribution in [2.45, 2.75) is 19.5 Å². The minimum atomic E-state index is -1.91. The zero-order chi connectivity index (χ0) is 11.0. The molecule has 1 atom stereocenters. The Hall–Kier alpha value is -1.64. The van der Waals surface area contributed by atoms with Gasteiger partial charge in [0.2, 0.25) is 6.17 Å². The maximum atomic E-state index is 13.5. The van der Waals surface area contributed by atoms with Gasteiger partial charge in [0.05, 0.1) is 0 Å². The molecule has 0 spiro atoms. The van der Waals surface area contributed by atoms with E-state index in [0.29, 0.717) is 12.0 Å². The van der Waals surface area contributed by atoms with Crippen molar-refractivity contribution >= 4 is 11.5 Å². The van der Waals surface area contributed by atoms with Crippen LogP contribution in [-0.4, -0.2) is 17.2 Å². The van der Waals surface area contributed by atoms with Gasteiger partial charge in [-0.15, -0.1) is 0 Å². The van der Waals surface area contributed by atoms with E-state index in [0.717, 1.165) is 16.7 Å². The normalized spacial score (nSPS) is 16.4. The molecule has 1 N–H and O–H groups in total. The van der Waals surface area contributed by atoms with Gasteiger partial charge in [-0.25, -0.2) is 9.18 Å². The standard InChI is InChI=1S/C12H11FO2/c1-7-6-8-4-2-3-5-9(8)10(7)11(13)12(14)15/h2-5,11H,6H2,1H3,(H,14,15). The van der Waals surface area contributed by atoms with Gasteiger partial charge < -0.3 is 5.11 Å². The van der Waals surface area contributed by atoms with E-state index in [9.17, 15) is 9.18 Å². The first-order valence-corrected chi connectivity index (χ1v) is 4.76. The van der Waals surface area contributed by atoms with Crippen LogP contribution in [0.4, 0.5) is 4.39 Å². The Balaban J connectivity index is 2.48. The van der Waals surface area contributed by atoms with Crippen LogP contribution in [0.2, 0.25) is 0 Å². The molecule has 0 bridgehead atoms. The molecule has 3 heteroatoms. The first-order chi connectivity index (χ1) is 7.11. The molecule has 0 heterocycles. The number of fused-ring (bicyclic) bond motifs is 1. The maximum absolute atomic E-state index is 13.5. The molecule has 0 radical (unpaired) electrons. The molecule has 0 saturated heterocycles. The van der Waals surface area contributed by atoms with E-state index in [1.54, 1.807) is 19.1 Å². The van der Waals surface area contributed by atoms with Crippen LogP contribution in [0.15, 0.2) is 29.8 Å². The number of allylic oxidation sites excluding steroid dienone is 1. The van der Waals surface area contributed by atoms with Crippen LogP contribution >= 0.6 is 0 Å². The Kier molecular flexibility index (Phi) is 2.31. The fraction of sp³-hybridized carbons (Fsp3) is 0.250. The number of aliphatic carboxylic acids is 1. The fourth-order valence-corrected chi connectivity index (χ4v) is 2.02. The number of hydrogen-bond donors (Lipinski definition) is 1. The second-order valence-corrected chi connectivity index (χ2v) is 3.73. The van der Waals surface area contributed by atoms with Gasteiger partial charge in [0.15, 0.2) is 0 Å². The minimum Gasteiger partial charge on any atom is -0.479 e. The second-order valence-electron chi connectivity index (χ2n) is 3.73. The summed E-state index contributed by atoms with van der Waals surface area (Å²) in [5.74, 6) is -1.42. The quantitative estimate of drug-likeness (QED) is 0.806. The van der Waals surface area contributed by atoms with Gasteiger partial charge in [-0.2, -0.15) is 0 Å². The van der Waals surface area contributed by atoms with Gasteiger partial charge in [0.25, 0.3) is 0 Å². The number of rotatable bonds is 2. The highest BCUT2D eigenvalue weighted by molar-refractivity contribution is 5.93. The number of alkyl halides is 1. The predicted octanol–water partition coefficient (Wildman–Crippen LogP) is 2.44.